The van der Waals surface area contributed by atoms with Gasteiger partial charge < -0.3 is 9.80 Å². The van der Waals surface area contributed by atoms with Gasteiger partial charge in [0.1, 0.15) is 0 Å². The second-order valence-corrected chi connectivity index (χ2v) is 9.15. The van der Waals surface area contributed by atoms with Crippen molar-refractivity contribution in [3.63, 3.8) is 0 Å². The van der Waals surface area contributed by atoms with Crippen LogP contribution < -0.4 is 4.90 Å². The van der Waals surface area contributed by atoms with E-state index in [4.69, 9.17) is 0 Å². The lowest BCUT2D eigenvalue weighted by Gasteiger charge is -2.36. The lowest BCUT2D eigenvalue weighted by atomic mass is 10.0. The van der Waals surface area contributed by atoms with Gasteiger partial charge in [-0.2, -0.15) is 4.31 Å². The second-order valence-electron chi connectivity index (χ2n) is 7.21. The molecule has 1 aliphatic rings. The van der Waals surface area contributed by atoms with Gasteiger partial charge >= 0.3 is 0 Å². The van der Waals surface area contributed by atoms with Gasteiger partial charge in [0, 0.05) is 19.7 Å². The van der Waals surface area contributed by atoms with Crippen LogP contribution in [0.5, 0.6) is 0 Å². The molecular weight excluding hydrogens is 400 g/mol. The lowest BCUT2D eigenvalue weighted by Crippen LogP contribution is -3.16. The molecule has 0 bridgehead atoms. The van der Waals surface area contributed by atoms with Crippen molar-refractivity contribution in [3.05, 3.63) is 65.7 Å². The number of piperazine rings is 1. The smallest absolute Gasteiger partial charge is 0.285 e. The van der Waals surface area contributed by atoms with Crippen LogP contribution in [0.3, 0.4) is 0 Å². The standard InChI is InChI=1S/C20H23F2N3O3S/c1-23(2)20(26)19(15-6-4-3-5-7-15)24-10-12-25(13-11-24)29(27,28)16-8-9-17(21)18(22)14-16/h3-9,14,19H,10-13H2,1-2H3/p+1. The fourth-order valence-electron chi connectivity index (χ4n) is 3.55. The van der Waals surface area contributed by atoms with Gasteiger partial charge in [-0.1, -0.05) is 30.3 Å². The Hall–Kier alpha value is -2.36. The molecule has 0 radical (unpaired) electrons. The van der Waals surface area contributed by atoms with Crippen molar-refractivity contribution in [3.8, 4) is 0 Å². The number of quaternary nitrogens is 1. The normalized spacial score (nSPS) is 17.1. The predicted molar refractivity (Wildman–Crippen MR) is 104 cm³/mol. The number of sulfonamides is 1. The summed E-state index contributed by atoms with van der Waals surface area (Å²) in [6.45, 7) is 1.20. The molecule has 1 heterocycles. The summed E-state index contributed by atoms with van der Waals surface area (Å²) in [5.74, 6) is -2.34. The Morgan fingerprint density at radius 1 is 1.03 bits per heavy atom. The van der Waals surface area contributed by atoms with Gasteiger partial charge in [-0.15, -0.1) is 0 Å². The minimum absolute atomic E-state index is 0.0527. The predicted octanol–water partition coefficient (Wildman–Crippen LogP) is 0.684. The van der Waals surface area contributed by atoms with E-state index in [1.54, 1.807) is 14.1 Å². The Kier molecular flexibility index (Phi) is 6.30. The van der Waals surface area contributed by atoms with E-state index < -0.39 is 27.7 Å². The van der Waals surface area contributed by atoms with Crippen LogP contribution in [-0.2, 0) is 14.8 Å². The highest BCUT2D eigenvalue weighted by atomic mass is 32.2. The summed E-state index contributed by atoms with van der Waals surface area (Å²) < 4.78 is 53.5. The maximum atomic E-state index is 13.5. The maximum absolute atomic E-state index is 13.5. The largest absolute Gasteiger partial charge is 0.343 e. The molecule has 1 fully saturated rings. The number of carbonyl (C=O) groups is 1. The highest BCUT2D eigenvalue weighted by molar-refractivity contribution is 7.89. The molecule has 0 saturated carbocycles. The van der Waals surface area contributed by atoms with Crippen molar-refractivity contribution < 1.29 is 26.9 Å². The number of amides is 1. The molecule has 2 aromatic rings. The Bertz CT molecular complexity index is 976. The Labute approximate surface area is 169 Å². The van der Waals surface area contributed by atoms with Crippen LogP contribution in [0.4, 0.5) is 8.78 Å². The Morgan fingerprint density at radius 2 is 1.66 bits per heavy atom. The molecule has 29 heavy (non-hydrogen) atoms. The minimum atomic E-state index is -3.93. The van der Waals surface area contributed by atoms with Crippen molar-refractivity contribution >= 4 is 15.9 Å². The average Bonchev–Trinajstić information content (AvgIpc) is 2.71. The van der Waals surface area contributed by atoms with E-state index in [1.807, 2.05) is 30.3 Å². The molecule has 1 unspecified atom stereocenters. The first-order valence-electron chi connectivity index (χ1n) is 9.27. The molecule has 0 aromatic heterocycles. The van der Waals surface area contributed by atoms with Crippen molar-refractivity contribution in [1.82, 2.24) is 9.21 Å². The van der Waals surface area contributed by atoms with E-state index in [9.17, 15) is 22.0 Å². The van der Waals surface area contributed by atoms with Gasteiger partial charge in [0.25, 0.3) is 5.91 Å². The monoisotopic (exact) mass is 424 g/mol. The zero-order chi connectivity index (χ0) is 21.2. The molecule has 1 aliphatic heterocycles. The van der Waals surface area contributed by atoms with E-state index in [1.165, 1.54) is 9.21 Å². The number of likely N-dealkylation sites (N-methyl/N-ethyl adjacent to an activating group) is 1. The number of nitrogens with zero attached hydrogens (tertiary/aromatic N) is 2. The van der Waals surface area contributed by atoms with Crippen LogP contribution in [0.25, 0.3) is 0 Å². The topological polar surface area (TPSA) is 62.1 Å². The van der Waals surface area contributed by atoms with Crippen molar-refractivity contribution in [1.29, 1.82) is 0 Å². The zero-order valence-electron chi connectivity index (χ0n) is 16.3. The van der Waals surface area contributed by atoms with Crippen LogP contribution in [0.1, 0.15) is 11.6 Å². The molecule has 156 valence electrons. The van der Waals surface area contributed by atoms with Crippen LogP contribution in [0, 0.1) is 11.6 Å². The molecule has 2 aromatic carbocycles. The average molecular weight is 424 g/mol. The van der Waals surface area contributed by atoms with Gasteiger partial charge in [0.2, 0.25) is 10.0 Å². The quantitative estimate of drug-likeness (QED) is 0.768. The molecule has 9 heteroatoms. The summed E-state index contributed by atoms with van der Waals surface area (Å²) in [5.41, 5.74) is 0.873. The van der Waals surface area contributed by atoms with Crippen LogP contribution in [0.15, 0.2) is 53.4 Å². The van der Waals surface area contributed by atoms with Crippen molar-refractivity contribution in [2.75, 3.05) is 40.3 Å². The van der Waals surface area contributed by atoms with E-state index in [2.05, 4.69) is 0 Å². The summed E-state index contributed by atoms with van der Waals surface area (Å²) in [4.78, 5) is 15.0. The van der Waals surface area contributed by atoms with E-state index in [-0.39, 0.29) is 23.9 Å². The molecule has 1 atom stereocenters. The molecule has 0 spiro atoms. The van der Waals surface area contributed by atoms with E-state index in [0.717, 1.165) is 22.6 Å². The number of halogens is 2. The second kappa shape index (κ2) is 8.56. The molecule has 1 saturated heterocycles. The number of rotatable bonds is 5. The summed E-state index contributed by atoms with van der Waals surface area (Å²) in [6, 6.07) is 11.5. The summed E-state index contributed by atoms with van der Waals surface area (Å²) in [5, 5.41) is 0. The molecule has 6 nitrogen and oxygen atoms in total. The van der Waals surface area contributed by atoms with Gasteiger partial charge in [0.15, 0.2) is 17.7 Å². The first-order valence-corrected chi connectivity index (χ1v) is 10.7. The summed E-state index contributed by atoms with van der Waals surface area (Å²) in [6.07, 6.45) is 0. The Morgan fingerprint density at radius 3 is 2.21 bits per heavy atom. The van der Waals surface area contributed by atoms with Crippen molar-refractivity contribution in [2.45, 2.75) is 10.9 Å². The van der Waals surface area contributed by atoms with Gasteiger partial charge in [-0.3, -0.25) is 4.79 Å². The molecule has 1 amide bonds. The molecule has 0 aliphatic carbocycles. The lowest BCUT2D eigenvalue weighted by molar-refractivity contribution is -0.925. The number of hydrogen-bond donors (Lipinski definition) is 1. The molecule has 1 N–H and O–H groups in total. The van der Waals surface area contributed by atoms with Crippen LogP contribution >= 0.6 is 0 Å². The molecular formula is C20H24F2N3O3S+. The first-order chi connectivity index (χ1) is 13.7. The number of carbonyl (C=O) groups excluding carboxylic acids is 1. The first kappa shape index (κ1) is 21.4. The van der Waals surface area contributed by atoms with Crippen molar-refractivity contribution in [2.24, 2.45) is 0 Å². The maximum Gasteiger partial charge on any atom is 0.285 e. The fourth-order valence-corrected chi connectivity index (χ4v) is 5.00. The highest BCUT2D eigenvalue weighted by Crippen LogP contribution is 2.19. The third-order valence-corrected chi connectivity index (χ3v) is 7.02. The van der Waals surface area contributed by atoms with Gasteiger partial charge in [0.05, 0.1) is 31.1 Å². The highest BCUT2D eigenvalue weighted by Gasteiger charge is 2.38. The van der Waals surface area contributed by atoms with E-state index in [0.29, 0.717) is 19.2 Å². The number of nitrogens with one attached hydrogen (secondary N) is 1. The third-order valence-electron chi connectivity index (χ3n) is 5.12. The third kappa shape index (κ3) is 4.47. The van der Waals surface area contributed by atoms with Crippen LogP contribution in [-0.4, -0.2) is 63.8 Å². The number of benzene rings is 2. The van der Waals surface area contributed by atoms with E-state index >= 15 is 0 Å². The van der Waals surface area contributed by atoms with Gasteiger partial charge in [-0.25, -0.2) is 17.2 Å². The zero-order valence-corrected chi connectivity index (χ0v) is 17.1. The SMILES string of the molecule is CN(C)C(=O)C(c1ccccc1)[NH+]1CCN(S(=O)(=O)c2ccc(F)c(F)c2)CC1. The Balaban J connectivity index is 1.79. The van der Waals surface area contributed by atoms with Crippen LogP contribution in [0.2, 0.25) is 0 Å². The molecule has 3 rings (SSSR count). The minimum Gasteiger partial charge on any atom is -0.343 e. The fraction of sp³-hybridized carbons (Fsp3) is 0.350. The number of hydrogen-bond acceptors (Lipinski definition) is 3. The summed E-state index contributed by atoms with van der Waals surface area (Å²) in [7, 11) is -0.542. The van der Waals surface area contributed by atoms with Gasteiger partial charge in [-0.05, 0) is 18.2 Å². The summed E-state index contributed by atoms with van der Waals surface area (Å²) >= 11 is 0.